The number of thiazole rings is 1. The molecule has 0 atom stereocenters. The Kier molecular flexibility index (Phi) is 5.40. The molecule has 0 aliphatic heterocycles. The van der Waals surface area contributed by atoms with Gasteiger partial charge in [0.25, 0.3) is 5.91 Å². The van der Waals surface area contributed by atoms with Crippen molar-refractivity contribution in [1.82, 2.24) is 20.0 Å². The van der Waals surface area contributed by atoms with E-state index in [0.29, 0.717) is 38.9 Å². The number of carbonyl (C=O) groups excluding carboxylic acids is 1. The smallest absolute Gasteiger partial charge is 0.285 e. The number of nitrogens with one attached hydrogen (secondary N) is 1. The molecule has 1 N–H and O–H groups in total. The van der Waals surface area contributed by atoms with Gasteiger partial charge in [-0.15, -0.1) is 16.4 Å². The van der Waals surface area contributed by atoms with Gasteiger partial charge in [-0.2, -0.15) is 0 Å². The van der Waals surface area contributed by atoms with Crippen LogP contribution in [0, 0.1) is 6.92 Å². The quantitative estimate of drug-likeness (QED) is 0.474. The fourth-order valence-corrected chi connectivity index (χ4v) is 3.94. The minimum Gasteiger partial charge on any atom is -0.497 e. The lowest BCUT2D eigenvalue weighted by molar-refractivity contribution is 0.102. The molecule has 4 aromatic rings. The molecule has 2 aromatic carbocycles. The third kappa shape index (κ3) is 4.05. The van der Waals surface area contributed by atoms with Crippen LogP contribution in [0.25, 0.3) is 10.2 Å². The number of benzene rings is 2. The molecular weight excluding hydrogens is 433 g/mol. The Balaban J connectivity index is 1.52. The number of anilines is 1. The molecule has 29 heavy (non-hydrogen) atoms. The molecule has 2 heterocycles. The molecule has 0 radical (unpaired) electrons. The number of fused-ring (bicyclic) bond motifs is 1. The third-order valence-corrected chi connectivity index (χ3v) is 6.08. The highest BCUT2D eigenvalue weighted by Gasteiger charge is 2.17. The van der Waals surface area contributed by atoms with Crippen LogP contribution in [-0.2, 0) is 6.54 Å². The molecule has 0 spiro atoms. The molecule has 10 heteroatoms. The molecule has 0 saturated carbocycles. The van der Waals surface area contributed by atoms with Crippen LogP contribution in [-0.4, -0.2) is 33.0 Å². The molecule has 0 bridgehead atoms. The predicted octanol–water partition coefficient (Wildman–Crippen LogP) is 4.81. The number of carbonyl (C=O) groups is 1. The van der Waals surface area contributed by atoms with Gasteiger partial charge in [0.15, 0.2) is 10.8 Å². The van der Waals surface area contributed by atoms with Gasteiger partial charge in [0.1, 0.15) is 5.75 Å². The highest BCUT2D eigenvalue weighted by molar-refractivity contribution is 7.20. The normalized spacial score (nSPS) is 11.0. The highest BCUT2D eigenvalue weighted by Crippen LogP contribution is 2.27. The Morgan fingerprint density at radius 2 is 2.03 bits per heavy atom. The zero-order chi connectivity index (χ0) is 20.5. The van der Waals surface area contributed by atoms with Crippen molar-refractivity contribution in [2.75, 3.05) is 12.4 Å². The number of ether oxygens (including phenoxy) is 1. The van der Waals surface area contributed by atoms with Crippen LogP contribution >= 0.6 is 34.5 Å². The van der Waals surface area contributed by atoms with Crippen LogP contribution in [0.3, 0.4) is 0 Å². The lowest BCUT2D eigenvalue weighted by Crippen LogP contribution is -2.13. The minimum absolute atomic E-state index is 0.338. The summed E-state index contributed by atoms with van der Waals surface area (Å²) in [6, 6.07) is 10.9. The van der Waals surface area contributed by atoms with Crippen LogP contribution in [0.4, 0.5) is 5.82 Å². The average Bonchev–Trinajstić information content (AvgIpc) is 3.29. The van der Waals surface area contributed by atoms with Crippen molar-refractivity contribution in [2.24, 2.45) is 0 Å². The summed E-state index contributed by atoms with van der Waals surface area (Å²) < 4.78 is 7.76. The monoisotopic (exact) mass is 447 g/mol. The Morgan fingerprint density at radius 1 is 1.21 bits per heavy atom. The largest absolute Gasteiger partial charge is 0.497 e. The van der Waals surface area contributed by atoms with Gasteiger partial charge < -0.3 is 10.1 Å². The number of amides is 1. The van der Waals surface area contributed by atoms with Crippen molar-refractivity contribution in [2.45, 2.75) is 13.5 Å². The molecule has 4 rings (SSSR count). The van der Waals surface area contributed by atoms with Crippen LogP contribution in [0.15, 0.2) is 36.4 Å². The summed E-state index contributed by atoms with van der Waals surface area (Å²) in [5, 5.41) is 12.3. The summed E-state index contributed by atoms with van der Waals surface area (Å²) in [6.45, 7) is 2.28. The Labute approximate surface area is 180 Å². The Bertz CT molecular complexity index is 1220. The van der Waals surface area contributed by atoms with Gasteiger partial charge >= 0.3 is 0 Å². The van der Waals surface area contributed by atoms with Gasteiger partial charge in [-0.25, -0.2) is 9.67 Å². The summed E-state index contributed by atoms with van der Waals surface area (Å²) in [7, 11) is 1.60. The van der Waals surface area contributed by atoms with Crippen LogP contribution in [0.5, 0.6) is 5.75 Å². The van der Waals surface area contributed by atoms with Crippen molar-refractivity contribution in [1.29, 1.82) is 0 Å². The molecule has 2 aromatic heterocycles. The first-order chi connectivity index (χ1) is 13.9. The molecule has 0 unspecified atom stereocenters. The number of rotatable bonds is 5. The third-order valence-electron chi connectivity index (χ3n) is 4.32. The van der Waals surface area contributed by atoms with Gasteiger partial charge in [0, 0.05) is 0 Å². The maximum atomic E-state index is 12.6. The van der Waals surface area contributed by atoms with E-state index in [1.807, 2.05) is 31.2 Å². The average molecular weight is 448 g/mol. The van der Waals surface area contributed by atoms with E-state index in [2.05, 4.69) is 20.6 Å². The number of methoxy groups -OCH3 is 1. The zero-order valence-corrected chi connectivity index (χ0v) is 17.8. The van der Waals surface area contributed by atoms with Crippen molar-refractivity contribution in [3.63, 3.8) is 0 Å². The lowest BCUT2D eigenvalue weighted by atomic mass is 10.2. The van der Waals surface area contributed by atoms with Gasteiger partial charge in [0.2, 0.25) is 0 Å². The topological polar surface area (TPSA) is 81.9 Å². The number of hydrogen-bond donors (Lipinski definition) is 1. The lowest BCUT2D eigenvalue weighted by Gasteiger charge is -2.06. The van der Waals surface area contributed by atoms with Crippen LogP contribution in [0.1, 0.15) is 21.1 Å². The van der Waals surface area contributed by atoms with E-state index in [9.17, 15) is 4.79 Å². The first kappa shape index (κ1) is 19.6. The predicted molar refractivity (Wildman–Crippen MR) is 114 cm³/mol. The van der Waals surface area contributed by atoms with Gasteiger partial charge in [-0.3, -0.25) is 4.79 Å². The van der Waals surface area contributed by atoms with Crippen molar-refractivity contribution < 1.29 is 9.53 Å². The first-order valence-corrected chi connectivity index (χ1v) is 10.1. The van der Waals surface area contributed by atoms with Crippen LogP contribution in [0.2, 0.25) is 10.0 Å². The number of aromatic nitrogens is 4. The Morgan fingerprint density at radius 3 is 2.79 bits per heavy atom. The first-order valence-electron chi connectivity index (χ1n) is 8.54. The molecule has 0 saturated heterocycles. The van der Waals surface area contributed by atoms with Crippen molar-refractivity contribution >= 4 is 56.5 Å². The Hall–Kier alpha value is -2.68. The van der Waals surface area contributed by atoms with Gasteiger partial charge in [-0.05, 0) is 42.8 Å². The second-order valence-electron chi connectivity index (χ2n) is 6.24. The van der Waals surface area contributed by atoms with E-state index in [0.717, 1.165) is 15.8 Å². The molecule has 7 nitrogen and oxygen atoms in total. The molecule has 148 valence electrons. The standard InChI is InChI=1S/C19H15Cl2N5O2S/c1-10-17(24-25-26(10)9-11-3-5-13(20)14(21)7-11)23-18(27)19-22-15-6-4-12(28-2)8-16(15)29-19/h3-8H,9H2,1-2H3,(H,23,27). The number of halogens is 2. The molecule has 0 fully saturated rings. The van der Waals surface area contributed by atoms with E-state index in [1.54, 1.807) is 23.9 Å². The zero-order valence-electron chi connectivity index (χ0n) is 15.4. The summed E-state index contributed by atoms with van der Waals surface area (Å²) in [5.41, 5.74) is 2.37. The van der Waals surface area contributed by atoms with Crippen LogP contribution < -0.4 is 10.1 Å². The SMILES string of the molecule is COc1ccc2nc(C(=O)Nc3nnn(Cc4ccc(Cl)c(Cl)c4)c3C)sc2c1. The summed E-state index contributed by atoms with van der Waals surface area (Å²) in [4.78, 5) is 17.0. The molecule has 0 aliphatic carbocycles. The highest BCUT2D eigenvalue weighted by atomic mass is 35.5. The van der Waals surface area contributed by atoms with E-state index in [-0.39, 0.29) is 5.91 Å². The summed E-state index contributed by atoms with van der Waals surface area (Å²) in [5.74, 6) is 0.760. The van der Waals surface area contributed by atoms with E-state index in [1.165, 1.54) is 11.3 Å². The second-order valence-corrected chi connectivity index (χ2v) is 8.08. The summed E-state index contributed by atoms with van der Waals surface area (Å²) >= 11 is 13.3. The van der Waals surface area contributed by atoms with Crippen molar-refractivity contribution in [3.05, 3.63) is 62.7 Å². The molecular formula is C19H15Cl2N5O2S. The molecule has 1 amide bonds. The van der Waals surface area contributed by atoms with E-state index in [4.69, 9.17) is 27.9 Å². The maximum absolute atomic E-state index is 12.6. The summed E-state index contributed by atoms with van der Waals surface area (Å²) in [6.07, 6.45) is 0. The van der Waals surface area contributed by atoms with Gasteiger partial charge in [0.05, 0.1) is 39.6 Å². The van der Waals surface area contributed by atoms with Gasteiger partial charge in [-0.1, -0.05) is 34.5 Å². The molecule has 0 aliphatic rings. The number of hydrogen-bond acceptors (Lipinski definition) is 6. The van der Waals surface area contributed by atoms with E-state index < -0.39 is 0 Å². The van der Waals surface area contributed by atoms with Crippen molar-refractivity contribution in [3.8, 4) is 5.75 Å². The second kappa shape index (κ2) is 7.98. The maximum Gasteiger partial charge on any atom is 0.285 e. The minimum atomic E-state index is -0.338. The fraction of sp³-hybridized carbons (Fsp3) is 0.158. The fourth-order valence-electron chi connectivity index (χ4n) is 2.73. The number of nitrogens with zero attached hydrogens (tertiary/aromatic N) is 4. The van der Waals surface area contributed by atoms with E-state index >= 15 is 0 Å².